The third-order valence-corrected chi connectivity index (χ3v) is 2.03. The zero-order valence-corrected chi connectivity index (χ0v) is 8.44. The van der Waals surface area contributed by atoms with E-state index in [4.69, 9.17) is 5.11 Å². The summed E-state index contributed by atoms with van der Waals surface area (Å²) in [4.78, 5) is 4.22. The molecule has 74 valence electrons. The monoisotopic (exact) mass is 197 g/mol. The number of pyridine rings is 1. The van der Waals surface area contributed by atoms with Crippen molar-refractivity contribution in [3.8, 4) is 11.8 Å². The predicted molar refractivity (Wildman–Crippen MR) is 60.3 cm³/mol. The Labute approximate surface area is 88.6 Å². The van der Waals surface area contributed by atoms with Crippen molar-refractivity contribution in [2.75, 3.05) is 0 Å². The van der Waals surface area contributed by atoms with Crippen molar-refractivity contribution < 1.29 is 5.11 Å². The molecule has 2 nitrogen and oxygen atoms in total. The van der Waals surface area contributed by atoms with E-state index in [-0.39, 0.29) is 0 Å². The summed E-state index contributed by atoms with van der Waals surface area (Å²) in [6.45, 7) is 1.65. The molecule has 0 saturated heterocycles. The van der Waals surface area contributed by atoms with Crippen molar-refractivity contribution in [3.63, 3.8) is 0 Å². The summed E-state index contributed by atoms with van der Waals surface area (Å²) in [5.74, 6) is 5.62. The predicted octanol–water partition coefficient (Wildman–Crippen LogP) is 1.97. The number of nitrogens with zero attached hydrogens (tertiary/aromatic N) is 1. The van der Waals surface area contributed by atoms with Crippen LogP contribution < -0.4 is 0 Å². The van der Waals surface area contributed by atoms with E-state index in [1.54, 1.807) is 13.1 Å². The largest absolute Gasteiger partial charge is 0.381 e. The van der Waals surface area contributed by atoms with Gasteiger partial charge in [0.05, 0.1) is 5.52 Å². The molecule has 0 fully saturated rings. The number of hydrogen-bond donors (Lipinski definition) is 1. The Morgan fingerprint density at radius 2 is 2.20 bits per heavy atom. The molecule has 0 aliphatic heterocycles. The van der Waals surface area contributed by atoms with Gasteiger partial charge in [-0.2, -0.15) is 0 Å². The van der Waals surface area contributed by atoms with Crippen LogP contribution in [-0.4, -0.2) is 16.2 Å². The highest BCUT2D eigenvalue weighted by molar-refractivity contribution is 5.79. The second kappa shape index (κ2) is 4.12. The molecule has 1 atom stereocenters. The lowest BCUT2D eigenvalue weighted by atomic mass is 10.1. The molecule has 0 bridgehead atoms. The van der Waals surface area contributed by atoms with Gasteiger partial charge in [-0.3, -0.25) is 4.98 Å². The Bertz CT molecular complexity index is 535. The highest BCUT2D eigenvalue weighted by atomic mass is 16.3. The van der Waals surface area contributed by atoms with Crippen LogP contribution in [0.25, 0.3) is 10.9 Å². The number of aliphatic hydroxyl groups excluding tert-OH is 1. The van der Waals surface area contributed by atoms with Crippen molar-refractivity contribution in [1.82, 2.24) is 4.98 Å². The van der Waals surface area contributed by atoms with Gasteiger partial charge in [0, 0.05) is 17.1 Å². The van der Waals surface area contributed by atoms with Gasteiger partial charge < -0.3 is 5.11 Å². The molecule has 2 rings (SSSR count). The fourth-order valence-corrected chi connectivity index (χ4v) is 1.34. The Morgan fingerprint density at radius 1 is 1.33 bits per heavy atom. The van der Waals surface area contributed by atoms with E-state index in [2.05, 4.69) is 16.8 Å². The summed E-state index contributed by atoms with van der Waals surface area (Å²) in [5.41, 5.74) is 1.86. The number of hydrogen-bond acceptors (Lipinski definition) is 2. The first-order valence-corrected chi connectivity index (χ1v) is 4.80. The maximum Gasteiger partial charge on any atom is 0.112 e. The fraction of sp³-hybridized carbons (Fsp3) is 0.154. The summed E-state index contributed by atoms with van der Waals surface area (Å²) in [6, 6.07) is 9.70. The molecule has 0 spiro atoms. The van der Waals surface area contributed by atoms with Gasteiger partial charge in [-0.05, 0) is 31.2 Å². The van der Waals surface area contributed by atoms with E-state index in [1.807, 2.05) is 30.3 Å². The van der Waals surface area contributed by atoms with Crippen molar-refractivity contribution in [3.05, 3.63) is 42.1 Å². The van der Waals surface area contributed by atoms with Gasteiger partial charge in [-0.1, -0.05) is 17.9 Å². The van der Waals surface area contributed by atoms with Crippen molar-refractivity contribution in [2.45, 2.75) is 13.0 Å². The normalized spacial score (nSPS) is 11.9. The molecule has 1 N–H and O–H groups in total. The lowest BCUT2D eigenvalue weighted by Crippen LogP contribution is -1.92. The van der Waals surface area contributed by atoms with Gasteiger partial charge in [0.25, 0.3) is 0 Å². The molecule has 15 heavy (non-hydrogen) atoms. The molecule has 1 aromatic heterocycles. The van der Waals surface area contributed by atoms with Crippen molar-refractivity contribution in [1.29, 1.82) is 0 Å². The van der Waals surface area contributed by atoms with Crippen molar-refractivity contribution in [2.24, 2.45) is 0 Å². The molecule has 0 amide bonds. The number of aliphatic hydroxyl groups is 1. The van der Waals surface area contributed by atoms with E-state index >= 15 is 0 Å². The molecule has 1 heterocycles. The van der Waals surface area contributed by atoms with Gasteiger partial charge in [0.15, 0.2) is 0 Å². The third-order valence-electron chi connectivity index (χ3n) is 2.03. The van der Waals surface area contributed by atoms with E-state index in [1.165, 1.54) is 0 Å². The van der Waals surface area contributed by atoms with Crippen LogP contribution in [0.2, 0.25) is 0 Å². The smallest absolute Gasteiger partial charge is 0.112 e. The molecule has 1 aromatic carbocycles. The summed E-state index contributed by atoms with van der Waals surface area (Å²) in [7, 11) is 0. The second-order valence-electron chi connectivity index (χ2n) is 3.36. The third kappa shape index (κ3) is 2.34. The standard InChI is InChI=1S/C13H11NO/c1-10(15)4-5-11-6-7-13-12(9-11)3-2-8-14-13/h2-3,6-10,15H,1H3/t10-/m0/s1. The topological polar surface area (TPSA) is 33.1 Å². The minimum atomic E-state index is -0.588. The number of rotatable bonds is 0. The lowest BCUT2D eigenvalue weighted by molar-refractivity contribution is 0.253. The Balaban J connectivity index is 2.44. The van der Waals surface area contributed by atoms with Crippen LogP contribution >= 0.6 is 0 Å². The van der Waals surface area contributed by atoms with Gasteiger partial charge in [0.2, 0.25) is 0 Å². The van der Waals surface area contributed by atoms with Crippen LogP contribution in [0.4, 0.5) is 0 Å². The Hall–Kier alpha value is -1.85. The Morgan fingerprint density at radius 3 is 3.00 bits per heavy atom. The minimum absolute atomic E-state index is 0.588. The summed E-state index contributed by atoms with van der Waals surface area (Å²) >= 11 is 0. The average Bonchev–Trinajstić information content (AvgIpc) is 2.26. The van der Waals surface area contributed by atoms with Crippen LogP contribution in [0, 0.1) is 11.8 Å². The SMILES string of the molecule is C[C@H](O)C#Cc1ccc2ncccc2c1. The molecule has 0 radical (unpaired) electrons. The van der Waals surface area contributed by atoms with Crippen LogP contribution in [0.15, 0.2) is 36.5 Å². The van der Waals surface area contributed by atoms with Gasteiger partial charge in [0.1, 0.15) is 6.10 Å². The van der Waals surface area contributed by atoms with E-state index in [0.717, 1.165) is 16.5 Å². The first kappa shape index (κ1) is 9.70. The number of aromatic nitrogens is 1. The van der Waals surface area contributed by atoms with Crippen LogP contribution in [0.3, 0.4) is 0 Å². The second-order valence-corrected chi connectivity index (χ2v) is 3.36. The molecular weight excluding hydrogens is 186 g/mol. The molecular formula is C13H11NO. The maximum absolute atomic E-state index is 9.04. The molecule has 0 aliphatic rings. The molecule has 0 saturated carbocycles. The molecule has 0 unspecified atom stereocenters. The average molecular weight is 197 g/mol. The number of benzene rings is 1. The van der Waals surface area contributed by atoms with Crippen LogP contribution in [0.5, 0.6) is 0 Å². The summed E-state index contributed by atoms with van der Waals surface area (Å²) in [5, 5.41) is 10.1. The maximum atomic E-state index is 9.04. The van der Waals surface area contributed by atoms with E-state index < -0.39 is 6.10 Å². The summed E-state index contributed by atoms with van der Waals surface area (Å²) in [6.07, 6.45) is 1.18. The Kier molecular flexibility index (Phi) is 2.66. The van der Waals surface area contributed by atoms with Crippen LogP contribution in [0.1, 0.15) is 12.5 Å². The first-order chi connectivity index (χ1) is 7.25. The number of fused-ring (bicyclic) bond motifs is 1. The molecule has 2 heteroatoms. The van der Waals surface area contributed by atoms with Crippen LogP contribution in [-0.2, 0) is 0 Å². The highest BCUT2D eigenvalue weighted by Gasteiger charge is 1.94. The van der Waals surface area contributed by atoms with Gasteiger partial charge >= 0.3 is 0 Å². The molecule has 0 aliphatic carbocycles. The van der Waals surface area contributed by atoms with Gasteiger partial charge in [-0.25, -0.2) is 0 Å². The molecule has 2 aromatic rings. The lowest BCUT2D eigenvalue weighted by Gasteiger charge is -1.96. The quantitative estimate of drug-likeness (QED) is 0.655. The van der Waals surface area contributed by atoms with Gasteiger partial charge in [-0.15, -0.1) is 0 Å². The highest BCUT2D eigenvalue weighted by Crippen LogP contribution is 2.12. The zero-order chi connectivity index (χ0) is 10.7. The van der Waals surface area contributed by atoms with Crippen molar-refractivity contribution >= 4 is 10.9 Å². The fourth-order valence-electron chi connectivity index (χ4n) is 1.34. The summed E-state index contributed by atoms with van der Waals surface area (Å²) < 4.78 is 0. The zero-order valence-electron chi connectivity index (χ0n) is 8.44. The minimum Gasteiger partial charge on any atom is -0.381 e. The van der Waals surface area contributed by atoms with E-state index in [9.17, 15) is 0 Å². The first-order valence-electron chi connectivity index (χ1n) is 4.80. The van der Waals surface area contributed by atoms with E-state index in [0.29, 0.717) is 0 Å².